The summed E-state index contributed by atoms with van der Waals surface area (Å²) in [7, 11) is 1.68. The number of benzene rings is 1. The number of hydrogen-bond acceptors (Lipinski definition) is 3. The van der Waals surface area contributed by atoms with Crippen molar-refractivity contribution < 1.29 is 4.74 Å². The SMILES string of the molecule is COc1cccc(-c2cc(C(C)(C)N)cs2)c1. The molecule has 0 spiro atoms. The molecule has 0 atom stereocenters. The van der Waals surface area contributed by atoms with Crippen molar-refractivity contribution >= 4 is 11.3 Å². The maximum absolute atomic E-state index is 6.09. The molecule has 1 aromatic carbocycles. The molecule has 1 heterocycles. The zero-order valence-electron chi connectivity index (χ0n) is 10.4. The predicted molar refractivity (Wildman–Crippen MR) is 73.5 cm³/mol. The van der Waals surface area contributed by atoms with Gasteiger partial charge in [0.1, 0.15) is 5.75 Å². The van der Waals surface area contributed by atoms with Gasteiger partial charge in [0.2, 0.25) is 0 Å². The summed E-state index contributed by atoms with van der Waals surface area (Å²) in [6.07, 6.45) is 0. The van der Waals surface area contributed by atoms with Gasteiger partial charge in [-0.1, -0.05) is 12.1 Å². The molecule has 0 fully saturated rings. The van der Waals surface area contributed by atoms with E-state index in [9.17, 15) is 0 Å². The van der Waals surface area contributed by atoms with Gasteiger partial charge in [0.15, 0.2) is 0 Å². The first kappa shape index (κ1) is 12.1. The van der Waals surface area contributed by atoms with Crippen molar-refractivity contribution in [2.45, 2.75) is 19.4 Å². The van der Waals surface area contributed by atoms with Gasteiger partial charge in [0.25, 0.3) is 0 Å². The Bertz CT molecular complexity index is 511. The van der Waals surface area contributed by atoms with Crippen molar-refractivity contribution in [1.29, 1.82) is 0 Å². The van der Waals surface area contributed by atoms with E-state index in [0.29, 0.717) is 0 Å². The second-order valence-corrected chi connectivity index (χ2v) is 5.56. The van der Waals surface area contributed by atoms with Gasteiger partial charge >= 0.3 is 0 Å². The molecule has 0 unspecified atom stereocenters. The van der Waals surface area contributed by atoms with Crippen LogP contribution in [0, 0.1) is 0 Å². The highest BCUT2D eigenvalue weighted by atomic mass is 32.1. The summed E-state index contributed by atoms with van der Waals surface area (Å²) < 4.78 is 5.23. The van der Waals surface area contributed by atoms with Crippen LogP contribution in [0.5, 0.6) is 5.75 Å². The zero-order chi connectivity index (χ0) is 12.5. The van der Waals surface area contributed by atoms with E-state index in [2.05, 4.69) is 17.5 Å². The normalized spacial score (nSPS) is 11.5. The van der Waals surface area contributed by atoms with Crippen molar-refractivity contribution in [2.24, 2.45) is 5.73 Å². The first-order chi connectivity index (χ1) is 8.00. The second kappa shape index (κ2) is 4.51. The van der Waals surface area contributed by atoms with Gasteiger partial charge in [-0.25, -0.2) is 0 Å². The lowest BCUT2D eigenvalue weighted by molar-refractivity contribution is 0.415. The van der Waals surface area contributed by atoms with Gasteiger partial charge in [-0.2, -0.15) is 0 Å². The monoisotopic (exact) mass is 247 g/mol. The molecule has 0 saturated heterocycles. The van der Waals surface area contributed by atoms with Crippen molar-refractivity contribution in [2.75, 3.05) is 7.11 Å². The van der Waals surface area contributed by atoms with Gasteiger partial charge in [-0.15, -0.1) is 11.3 Å². The molecule has 0 aliphatic carbocycles. The molecule has 2 aromatic rings. The van der Waals surface area contributed by atoms with Gasteiger partial charge in [0, 0.05) is 10.4 Å². The Morgan fingerprint density at radius 2 is 2.00 bits per heavy atom. The van der Waals surface area contributed by atoms with E-state index in [1.54, 1.807) is 18.4 Å². The van der Waals surface area contributed by atoms with Crippen LogP contribution in [0.15, 0.2) is 35.7 Å². The smallest absolute Gasteiger partial charge is 0.119 e. The van der Waals surface area contributed by atoms with Crippen LogP contribution >= 0.6 is 11.3 Å². The summed E-state index contributed by atoms with van der Waals surface area (Å²) in [5.74, 6) is 0.879. The van der Waals surface area contributed by atoms with E-state index in [0.717, 1.165) is 5.75 Å². The van der Waals surface area contributed by atoms with Gasteiger partial charge in [-0.05, 0) is 48.6 Å². The average Bonchev–Trinajstić information content (AvgIpc) is 2.78. The molecule has 2 rings (SSSR count). The van der Waals surface area contributed by atoms with Crippen molar-refractivity contribution in [3.63, 3.8) is 0 Å². The maximum atomic E-state index is 6.09. The van der Waals surface area contributed by atoms with Gasteiger partial charge in [-0.3, -0.25) is 0 Å². The second-order valence-electron chi connectivity index (χ2n) is 4.65. The molecular formula is C14H17NOS. The molecular weight excluding hydrogens is 230 g/mol. The Kier molecular flexibility index (Phi) is 3.22. The zero-order valence-corrected chi connectivity index (χ0v) is 11.2. The minimum Gasteiger partial charge on any atom is -0.497 e. The Balaban J connectivity index is 2.37. The molecule has 90 valence electrons. The minimum absolute atomic E-state index is 0.284. The molecule has 0 radical (unpaired) electrons. The van der Waals surface area contributed by atoms with Crippen molar-refractivity contribution in [3.8, 4) is 16.2 Å². The fourth-order valence-corrected chi connectivity index (χ4v) is 2.69. The quantitative estimate of drug-likeness (QED) is 0.899. The van der Waals surface area contributed by atoms with Crippen LogP contribution in [0.3, 0.4) is 0 Å². The summed E-state index contributed by atoms with van der Waals surface area (Å²) in [5.41, 5.74) is 8.14. The number of hydrogen-bond donors (Lipinski definition) is 1. The number of thiophene rings is 1. The molecule has 0 aliphatic heterocycles. The van der Waals surface area contributed by atoms with E-state index in [1.807, 2.05) is 32.0 Å². The lowest BCUT2D eigenvalue weighted by Crippen LogP contribution is -2.27. The maximum Gasteiger partial charge on any atom is 0.119 e. The van der Waals surface area contributed by atoms with E-state index >= 15 is 0 Å². The summed E-state index contributed by atoms with van der Waals surface area (Å²) in [5, 5.41) is 2.12. The highest BCUT2D eigenvalue weighted by Crippen LogP contribution is 2.32. The molecule has 0 saturated carbocycles. The Labute approximate surface area is 106 Å². The van der Waals surface area contributed by atoms with Gasteiger partial charge in [0.05, 0.1) is 7.11 Å². The first-order valence-corrected chi connectivity index (χ1v) is 6.41. The minimum atomic E-state index is -0.284. The Morgan fingerprint density at radius 3 is 2.59 bits per heavy atom. The van der Waals surface area contributed by atoms with Crippen LogP contribution in [-0.4, -0.2) is 7.11 Å². The number of rotatable bonds is 3. The molecule has 0 bridgehead atoms. The van der Waals surface area contributed by atoms with E-state index < -0.39 is 0 Å². The van der Waals surface area contributed by atoms with Crippen LogP contribution in [-0.2, 0) is 5.54 Å². The van der Waals surface area contributed by atoms with Gasteiger partial charge < -0.3 is 10.5 Å². The summed E-state index contributed by atoms with van der Waals surface area (Å²) in [6.45, 7) is 4.04. The molecule has 1 aromatic heterocycles. The van der Waals surface area contributed by atoms with Crippen LogP contribution in [0.2, 0.25) is 0 Å². The third-order valence-corrected chi connectivity index (χ3v) is 3.68. The third kappa shape index (κ3) is 2.68. The largest absolute Gasteiger partial charge is 0.497 e. The standard InChI is InChI=1S/C14H17NOS/c1-14(2,15)11-8-13(17-9-11)10-5-4-6-12(7-10)16-3/h4-9H,15H2,1-3H3. The summed E-state index contributed by atoms with van der Waals surface area (Å²) in [6, 6.07) is 10.2. The third-order valence-electron chi connectivity index (χ3n) is 2.70. The summed E-state index contributed by atoms with van der Waals surface area (Å²) >= 11 is 1.71. The molecule has 2 N–H and O–H groups in total. The van der Waals surface area contributed by atoms with Crippen molar-refractivity contribution in [1.82, 2.24) is 0 Å². The first-order valence-electron chi connectivity index (χ1n) is 5.53. The lowest BCUT2D eigenvalue weighted by Gasteiger charge is -2.16. The fraction of sp³-hybridized carbons (Fsp3) is 0.286. The topological polar surface area (TPSA) is 35.2 Å². The Hall–Kier alpha value is -1.32. The van der Waals surface area contributed by atoms with Crippen LogP contribution in [0.25, 0.3) is 10.4 Å². The molecule has 0 amide bonds. The van der Waals surface area contributed by atoms with E-state index in [4.69, 9.17) is 10.5 Å². The number of nitrogens with two attached hydrogens (primary N) is 1. The molecule has 17 heavy (non-hydrogen) atoms. The molecule has 2 nitrogen and oxygen atoms in total. The lowest BCUT2D eigenvalue weighted by atomic mass is 9.98. The Morgan fingerprint density at radius 1 is 1.24 bits per heavy atom. The highest BCUT2D eigenvalue weighted by molar-refractivity contribution is 7.13. The number of methoxy groups -OCH3 is 1. The molecule has 0 aliphatic rings. The summed E-state index contributed by atoms with van der Waals surface area (Å²) in [4.78, 5) is 1.22. The van der Waals surface area contributed by atoms with Crippen LogP contribution in [0.4, 0.5) is 0 Å². The van der Waals surface area contributed by atoms with Crippen LogP contribution in [0.1, 0.15) is 19.4 Å². The van der Waals surface area contributed by atoms with E-state index in [-0.39, 0.29) is 5.54 Å². The fourth-order valence-electron chi connectivity index (χ4n) is 1.60. The number of ether oxygens (including phenoxy) is 1. The van der Waals surface area contributed by atoms with Crippen LogP contribution < -0.4 is 10.5 Å². The van der Waals surface area contributed by atoms with Crippen molar-refractivity contribution in [3.05, 3.63) is 41.3 Å². The highest BCUT2D eigenvalue weighted by Gasteiger charge is 2.16. The van der Waals surface area contributed by atoms with E-state index in [1.165, 1.54) is 16.0 Å². The molecule has 3 heteroatoms. The predicted octanol–water partition coefficient (Wildman–Crippen LogP) is 3.62. The average molecular weight is 247 g/mol.